The Labute approximate surface area is 91.7 Å². The molecule has 4 nitrogen and oxygen atoms in total. The van der Waals surface area contributed by atoms with Gasteiger partial charge < -0.3 is 10.2 Å². The van der Waals surface area contributed by atoms with Crippen LogP contribution in [0.3, 0.4) is 0 Å². The molecule has 2 aromatic rings. The summed E-state index contributed by atoms with van der Waals surface area (Å²) in [6.45, 7) is -0.314. The molecule has 0 aliphatic carbocycles. The summed E-state index contributed by atoms with van der Waals surface area (Å²) in [5.41, 5.74) is 1.41. The van der Waals surface area contributed by atoms with Gasteiger partial charge in [-0.25, -0.2) is 0 Å². The van der Waals surface area contributed by atoms with Crippen molar-refractivity contribution in [2.45, 2.75) is 6.10 Å². The van der Waals surface area contributed by atoms with Gasteiger partial charge in [0.1, 0.15) is 6.10 Å². The Morgan fingerprint density at radius 2 is 2.27 bits per heavy atom. The molecule has 2 rings (SSSR count). The number of aliphatic hydroxyl groups excluding tert-OH is 2. The molecule has 1 atom stereocenters. The third-order valence-electron chi connectivity index (χ3n) is 2.42. The first-order valence-electron chi connectivity index (χ1n) is 4.54. The summed E-state index contributed by atoms with van der Waals surface area (Å²) >= 11 is 6.02. The van der Waals surface area contributed by atoms with Crippen LogP contribution in [0.25, 0.3) is 10.9 Å². The molecule has 0 radical (unpaired) electrons. The van der Waals surface area contributed by atoms with Crippen LogP contribution in [0.15, 0.2) is 18.3 Å². The first kappa shape index (κ1) is 10.4. The molecule has 0 saturated heterocycles. The second-order valence-corrected chi connectivity index (χ2v) is 3.77. The lowest BCUT2D eigenvalue weighted by molar-refractivity contribution is 0.0967. The van der Waals surface area contributed by atoms with E-state index < -0.39 is 6.10 Å². The van der Waals surface area contributed by atoms with Gasteiger partial charge in [-0.05, 0) is 11.6 Å². The molecule has 1 aromatic heterocycles. The van der Waals surface area contributed by atoms with E-state index in [4.69, 9.17) is 16.7 Å². The highest BCUT2D eigenvalue weighted by Gasteiger charge is 2.14. The maximum Gasteiger partial charge on any atom is 0.103 e. The highest BCUT2D eigenvalue weighted by atomic mass is 35.5. The van der Waals surface area contributed by atoms with Crippen molar-refractivity contribution in [1.29, 1.82) is 0 Å². The Balaban J connectivity index is 2.73. The number of aliphatic hydroxyl groups is 2. The fraction of sp³-hybridized carbons (Fsp3) is 0.300. The van der Waals surface area contributed by atoms with Gasteiger partial charge >= 0.3 is 0 Å². The van der Waals surface area contributed by atoms with Crippen LogP contribution in [0.2, 0.25) is 5.02 Å². The second kappa shape index (κ2) is 3.81. The smallest absolute Gasteiger partial charge is 0.103 e. The summed E-state index contributed by atoms with van der Waals surface area (Å²) in [4.78, 5) is 0. The van der Waals surface area contributed by atoms with Gasteiger partial charge in [-0.2, -0.15) is 5.10 Å². The number of aryl methyl sites for hydroxylation is 1. The highest BCUT2D eigenvalue weighted by molar-refractivity contribution is 6.35. The molecule has 15 heavy (non-hydrogen) atoms. The number of hydrogen-bond acceptors (Lipinski definition) is 3. The van der Waals surface area contributed by atoms with Gasteiger partial charge in [0.25, 0.3) is 0 Å². The highest BCUT2D eigenvalue weighted by Crippen LogP contribution is 2.29. The van der Waals surface area contributed by atoms with E-state index in [1.807, 2.05) is 0 Å². The Hall–Kier alpha value is -1.10. The summed E-state index contributed by atoms with van der Waals surface area (Å²) in [5, 5.41) is 23.9. The largest absolute Gasteiger partial charge is 0.393 e. The predicted octanol–water partition coefficient (Wildman–Crippen LogP) is 1.25. The van der Waals surface area contributed by atoms with Crippen molar-refractivity contribution in [2.75, 3.05) is 6.61 Å². The van der Waals surface area contributed by atoms with Crippen molar-refractivity contribution in [3.63, 3.8) is 0 Å². The maximum absolute atomic E-state index is 9.60. The zero-order valence-corrected chi connectivity index (χ0v) is 8.94. The quantitative estimate of drug-likeness (QED) is 0.811. The number of fused-ring (bicyclic) bond motifs is 1. The monoisotopic (exact) mass is 226 g/mol. The first-order valence-corrected chi connectivity index (χ1v) is 4.92. The molecule has 1 aromatic carbocycles. The molecule has 0 spiro atoms. The minimum Gasteiger partial charge on any atom is -0.393 e. The maximum atomic E-state index is 9.60. The van der Waals surface area contributed by atoms with Gasteiger partial charge in [-0.15, -0.1) is 0 Å². The topological polar surface area (TPSA) is 58.3 Å². The summed E-state index contributed by atoms with van der Waals surface area (Å²) in [6.07, 6.45) is 0.740. The van der Waals surface area contributed by atoms with Crippen molar-refractivity contribution < 1.29 is 10.2 Å². The fourth-order valence-electron chi connectivity index (χ4n) is 1.65. The van der Waals surface area contributed by atoms with Gasteiger partial charge in [0, 0.05) is 12.4 Å². The Morgan fingerprint density at radius 3 is 2.93 bits per heavy atom. The first-order chi connectivity index (χ1) is 7.15. The number of benzene rings is 1. The van der Waals surface area contributed by atoms with E-state index in [9.17, 15) is 5.11 Å². The average molecular weight is 227 g/mol. The molecule has 1 unspecified atom stereocenters. The summed E-state index contributed by atoms with van der Waals surface area (Å²) in [7, 11) is 1.78. The van der Waals surface area contributed by atoms with E-state index >= 15 is 0 Å². The lowest BCUT2D eigenvalue weighted by atomic mass is 10.1. The van der Waals surface area contributed by atoms with Crippen LogP contribution in [0.5, 0.6) is 0 Å². The van der Waals surface area contributed by atoms with E-state index in [0.717, 1.165) is 10.9 Å². The van der Waals surface area contributed by atoms with Crippen LogP contribution in [0.1, 0.15) is 11.7 Å². The SMILES string of the molecule is Cn1ncc2c(C(O)CO)ccc(Cl)c21. The van der Waals surface area contributed by atoms with Crippen LogP contribution < -0.4 is 0 Å². The van der Waals surface area contributed by atoms with Gasteiger partial charge in [0.15, 0.2) is 0 Å². The minimum atomic E-state index is -0.894. The number of halogens is 1. The average Bonchev–Trinajstić information content (AvgIpc) is 2.61. The van der Waals surface area contributed by atoms with Crippen molar-refractivity contribution >= 4 is 22.5 Å². The second-order valence-electron chi connectivity index (χ2n) is 3.37. The molecular formula is C10H11ClN2O2. The molecule has 0 fully saturated rings. The van der Waals surface area contributed by atoms with Crippen molar-refractivity contribution in [2.24, 2.45) is 7.05 Å². The Bertz CT molecular complexity index is 495. The van der Waals surface area contributed by atoms with E-state index in [2.05, 4.69) is 5.10 Å². The Morgan fingerprint density at radius 1 is 1.53 bits per heavy atom. The van der Waals surface area contributed by atoms with Crippen molar-refractivity contribution in [3.8, 4) is 0 Å². The van der Waals surface area contributed by atoms with Crippen molar-refractivity contribution in [3.05, 3.63) is 28.9 Å². The van der Waals surface area contributed by atoms with E-state index in [1.54, 1.807) is 30.1 Å². The summed E-state index contributed by atoms with van der Waals surface area (Å²) < 4.78 is 1.64. The zero-order valence-electron chi connectivity index (χ0n) is 8.18. The lowest BCUT2D eigenvalue weighted by Crippen LogP contribution is -2.03. The van der Waals surface area contributed by atoms with Gasteiger partial charge in [-0.1, -0.05) is 17.7 Å². The van der Waals surface area contributed by atoms with Gasteiger partial charge in [0.05, 0.1) is 23.3 Å². The fourth-order valence-corrected chi connectivity index (χ4v) is 1.94. The van der Waals surface area contributed by atoms with Gasteiger partial charge in [0.2, 0.25) is 0 Å². The molecule has 1 heterocycles. The third kappa shape index (κ3) is 1.61. The predicted molar refractivity (Wildman–Crippen MR) is 57.8 cm³/mol. The normalized spacial score (nSPS) is 13.3. The van der Waals surface area contributed by atoms with Gasteiger partial charge in [-0.3, -0.25) is 4.68 Å². The van der Waals surface area contributed by atoms with Crippen LogP contribution in [0.4, 0.5) is 0 Å². The van der Waals surface area contributed by atoms with Crippen LogP contribution in [0, 0.1) is 0 Å². The minimum absolute atomic E-state index is 0.314. The lowest BCUT2D eigenvalue weighted by Gasteiger charge is -2.09. The van der Waals surface area contributed by atoms with Crippen LogP contribution >= 0.6 is 11.6 Å². The van der Waals surface area contributed by atoms with Crippen LogP contribution in [-0.2, 0) is 7.05 Å². The number of rotatable bonds is 2. The zero-order chi connectivity index (χ0) is 11.0. The summed E-state index contributed by atoms with van der Waals surface area (Å²) in [5.74, 6) is 0. The standard InChI is InChI=1S/C10H11ClN2O2/c1-13-10-7(4-12-13)6(9(15)5-14)2-3-8(10)11/h2-4,9,14-15H,5H2,1H3. The summed E-state index contributed by atoms with van der Waals surface area (Å²) in [6, 6.07) is 3.40. The van der Waals surface area contributed by atoms with E-state index in [1.165, 1.54) is 0 Å². The molecular weight excluding hydrogens is 216 g/mol. The molecule has 0 saturated carbocycles. The third-order valence-corrected chi connectivity index (χ3v) is 2.72. The number of hydrogen-bond donors (Lipinski definition) is 2. The molecule has 80 valence electrons. The molecule has 0 aliphatic rings. The molecule has 0 bridgehead atoms. The van der Waals surface area contributed by atoms with E-state index in [0.29, 0.717) is 10.6 Å². The van der Waals surface area contributed by atoms with E-state index in [-0.39, 0.29) is 6.61 Å². The molecule has 5 heteroatoms. The van der Waals surface area contributed by atoms with Crippen molar-refractivity contribution in [1.82, 2.24) is 9.78 Å². The number of nitrogens with zero attached hydrogens (tertiary/aromatic N) is 2. The Kier molecular flexibility index (Phi) is 2.65. The number of aromatic nitrogens is 2. The molecule has 0 aliphatic heterocycles. The van der Waals surface area contributed by atoms with Crippen LogP contribution in [-0.4, -0.2) is 26.6 Å². The molecule has 2 N–H and O–H groups in total. The molecule has 0 amide bonds.